The Balaban J connectivity index is 1.59. The lowest BCUT2D eigenvalue weighted by Crippen LogP contribution is -2.16. The molecule has 1 aliphatic heterocycles. The second-order valence-corrected chi connectivity index (χ2v) is 6.91. The van der Waals surface area contributed by atoms with Gasteiger partial charge in [-0.25, -0.2) is 0 Å². The molecule has 0 radical (unpaired) electrons. The van der Waals surface area contributed by atoms with Crippen molar-refractivity contribution in [3.8, 4) is 0 Å². The molecule has 132 valence electrons. The molecule has 1 fully saturated rings. The summed E-state index contributed by atoms with van der Waals surface area (Å²) < 4.78 is 0. The van der Waals surface area contributed by atoms with E-state index in [2.05, 4.69) is 28.1 Å². The van der Waals surface area contributed by atoms with E-state index in [1.54, 1.807) is 6.07 Å². The molecule has 1 amide bonds. The van der Waals surface area contributed by atoms with Gasteiger partial charge in [0.05, 0.1) is 11.4 Å². The Bertz CT molecular complexity index is 699. The highest BCUT2D eigenvalue weighted by Crippen LogP contribution is 2.27. The number of hydrogen-bond acceptors (Lipinski definition) is 3. The molecule has 0 aliphatic carbocycles. The minimum atomic E-state index is 0.0388. The number of anilines is 2. The van der Waals surface area contributed by atoms with Crippen LogP contribution in [0.15, 0.2) is 48.5 Å². The molecule has 1 atom stereocenters. The van der Waals surface area contributed by atoms with Crippen molar-refractivity contribution in [1.29, 1.82) is 0 Å². The second-order valence-electron chi connectivity index (χ2n) is 6.47. The highest BCUT2D eigenvalue weighted by Gasteiger charge is 2.16. The topological polar surface area (TPSA) is 53.2 Å². The first-order valence-electron chi connectivity index (χ1n) is 8.78. The molecule has 3 N–H and O–H groups in total. The number of nitrogens with one attached hydrogen (secondary N) is 3. The maximum absolute atomic E-state index is 12.3. The van der Waals surface area contributed by atoms with Gasteiger partial charge in [0.25, 0.3) is 0 Å². The molecule has 0 spiro atoms. The van der Waals surface area contributed by atoms with Crippen LogP contribution in [0.1, 0.15) is 24.8 Å². The summed E-state index contributed by atoms with van der Waals surface area (Å²) >= 11 is 6.11. The largest absolute Gasteiger partial charge is 0.379 e. The Morgan fingerprint density at radius 3 is 2.76 bits per heavy atom. The first kappa shape index (κ1) is 17.8. The third-order valence-corrected chi connectivity index (χ3v) is 4.76. The van der Waals surface area contributed by atoms with Gasteiger partial charge in [-0.1, -0.05) is 41.9 Å². The van der Waals surface area contributed by atoms with E-state index < -0.39 is 0 Å². The van der Waals surface area contributed by atoms with Crippen LogP contribution < -0.4 is 16.0 Å². The monoisotopic (exact) mass is 357 g/mol. The average molecular weight is 358 g/mol. The van der Waals surface area contributed by atoms with Crippen molar-refractivity contribution in [2.75, 3.05) is 23.7 Å². The molecule has 0 saturated carbocycles. The minimum absolute atomic E-state index is 0.0388. The fourth-order valence-corrected chi connectivity index (χ4v) is 3.25. The summed E-state index contributed by atoms with van der Waals surface area (Å²) in [4.78, 5) is 12.3. The van der Waals surface area contributed by atoms with Gasteiger partial charge < -0.3 is 16.0 Å². The molecule has 4 nitrogen and oxygen atoms in total. The third-order valence-electron chi connectivity index (χ3n) is 4.52. The van der Waals surface area contributed by atoms with Crippen molar-refractivity contribution >= 4 is 28.9 Å². The van der Waals surface area contributed by atoms with Crippen LogP contribution in [0.25, 0.3) is 0 Å². The molecule has 1 unspecified atom stereocenters. The third kappa shape index (κ3) is 5.48. The number of amides is 1. The Kier molecular flexibility index (Phi) is 6.31. The van der Waals surface area contributed by atoms with Crippen LogP contribution in [0.2, 0.25) is 5.02 Å². The molecule has 5 heteroatoms. The minimum Gasteiger partial charge on any atom is -0.379 e. The molecule has 1 aliphatic rings. The molecule has 1 saturated heterocycles. The zero-order valence-corrected chi connectivity index (χ0v) is 15.0. The van der Waals surface area contributed by atoms with Crippen LogP contribution in [-0.4, -0.2) is 19.0 Å². The smallest absolute Gasteiger partial charge is 0.224 e. The Labute approximate surface area is 154 Å². The van der Waals surface area contributed by atoms with E-state index in [4.69, 9.17) is 11.6 Å². The molecule has 3 rings (SSSR count). The SMILES string of the molecule is O=C(CCC1CCNC1)Nc1cc(Cl)ccc1NCc1ccccc1. The maximum Gasteiger partial charge on any atom is 0.224 e. The van der Waals surface area contributed by atoms with Crippen LogP contribution in [0.3, 0.4) is 0 Å². The van der Waals surface area contributed by atoms with Gasteiger partial charge >= 0.3 is 0 Å². The lowest BCUT2D eigenvalue weighted by Gasteiger charge is -2.14. The van der Waals surface area contributed by atoms with E-state index >= 15 is 0 Å². The van der Waals surface area contributed by atoms with E-state index in [0.717, 1.165) is 37.3 Å². The number of benzene rings is 2. The normalized spacial score (nSPS) is 16.6. The van der Waals surface area contributed by atoms with Crippen LogP contribution in [0, 0.1) is 5.92 Å². The predicted octanol–water partition coefficient (Wildman–Crippen LogP) is 4.28. The van der Waals surface area contributed by atoms with Crippen molar-refractivity contribution in [2.45, 2.75) is 25.8 Å². The van der Waals surface area contributed by atoms with Crippen molar-refractivity contribution in [2.24, 2.45) is 5.92 Å². The Morgan fingerprint density at radius 2 is 2.00 bits per heavy atom. The molecule has 25 heavy (non-hydrogen) atoms. The predicted molar refractivity (Wildman–Crippen MR) is 104 cm³/mol. The summed E-state index contributed by atoms with van der Waals surface area (Å²) in [5.74, 6) is 0.651. The average Bonchev–Trinajstić information content (AvgIpc) is 3.14. The molecular weight excluding hydrogens is 334 g/mol. The molecule has 1 heterocycles. The lowest BCUT2D eigenvalue weighted by molar-refractivity contribution is -0.116. The molecule has 0 bridgehead atoms. The van der Waals surface area contributed by atoms with E-state index in [-0.39, 0.29) is 5.91 Å². The number of halogens is 1. The first-order valence-corrected chi connectivity index (χ1v) is 9.16. The van der Waals surface area contributed by atoms with E-state index in [1.807, 2.05) is 30.3 Å². The van der Waals surface area contributed by atoms with Crippen molar-refractivity contribution < 1.29 is 4.79 Å². The van der Waals surface area contributed by atoms with E-state index in [0.29, 0.717) is 23.9 Å². The number of hydrogen-bond donors (Lipinski definition) is 3. The quantitative estimate of drug-likeness (QED) is 0.693. The lowest BCUT2D eigenvalue weighted by atomic mass is 10.0. The second kappa shape index (κ2) is 8.88. The van der Waals surface area contributed by atoms with Crippen molar-refractivity contribution in [3.05, 3.63) is 59.1 Å². The maximum atomic E-state index is 12.3. The summed E-state index contributed by atoms with van der Waals surface area (Å²) in [6, 6.07) is 15.7. The summed E-state index contributed by atoms with van der Waals surface area (Å²) in [6.07, 6.45) is 2.62. The van der Waals surface area contributed by atoms with Crippen molar-refractivity contribution in [3.63, 3.8) is 0 Å². The van der Waals surface area contributed by atoms with E-state index in [9.17, 15) is 4.79 Å². The summed E-state index contributed by atoms with van der Waals surface area (Å²) in [6.45, 7) is 2.78. The van der Waals surface area contributed by atoms with Gasteiger partial charge in [0.1, 0.15) is 0 Å². The highest BCUT2D eigenvalue weighted by molar-refractivity contribution is 6.31. The van der Waals surface area contributed by atoms with Crippen molar-refractivity contribution in [1.82, 2.24) is 5.32 Å². The first-order chi connectivity index (χ1) is 12.2. The molecule has 2 aromatic carbocycles. The van der Waals surface area contributed by atoms with Crippen LogP contribution in [-0.2, 0) is 11.3 Å². The van der Waals surface area contributed by atoms with Crippen LogP contribution in [0.4, 0.5) is 11.4 Å². The van der Waals surface area contributed by atoms with Gasteiger partial charge in [-0.15, -0.1) is 0 Å². The van der Waals surface area contributed by atoms with Gasteiger partial charge in [0.15, 0.2) is 0 Å². The zero-order chi connectivity index (χ0) is 17.5. The van der Waals surface area contributed by atoms with E-state index in [1.165, 1.54) is 5.56 Å². The summed E-state index contributed by atoms with van der Waals surface area (Å²) in [5, 5.41) is 10.3. The van der Waals surface area contributed by atoms with Gasteiger partial charge in [0.2, 0.25) is 5.91 Å². The van der Waals surface area contributed by atoms with Gasteiger partial charge in [-0.2, -0.15) is 0 Å². The van der Waals surface area contributed by atoms with Gasteiger partial charge in [-0.05, 0) is 55.6 Å². The van der Waals surface area contributed by atoms with Crippen LogP contribution in [0.5, 0.6) is 0 Å². The molecule has 0 aromatic heterocycles. The highest BCUT2D eigenvalue weighted by atomic mass is 35.5. The van der Waals surface area contributed by atoms with Gasteiger partial charge in [-0.3, -0.25) is 4.79 Å². The Morgan fingerprint density at radius 1 is 1.16 bits per heavy atom. The fraction of sp³-hybridized carbons (Fsp3) is 0.350. The number of carbonyl (C=O) groups excluding carboxylic acids is 1. The fourth-order valence-electron chi connectivity index (χ4n) is 3.08. The number of carbonyl (C=O) groups is 1. The number of rotatable bonds is 7. The van der Waals surface area contributed by atoms with Gasteiger partial charge in [0, 0.05) is 18.0 Å². The van der Waals surface area contributed by atoms with Crippen LogP contribution >= 0.6 is 11.6 Å². The summed E-state index contributed by atoms with van der Waals surface area (Å²) in [5.41, 5.74) is 2.80. The molecule has 2 aromatic rings. The Hall–Kier alpha value is -2.04. The zero-order valence-electron chi connectivity index (χ0n) is 14.2. The molecular formula is C20H24ClN3O. The summed E-state index contributed by atoms with van der Waals surface area (Å²) in [7, 11) is 0. The standard InChI is InChI=1S/C20H24ClN3O/c21-17-7-8-18(23-14-15-4-2-1-3-5-15)19(12-17)24-20(25)9-6-16-10-11-22-13-16/h1-5,7-8,12,16,22-23H,6,9-11,13-14H2,(H,24,25).